The minimum atomic E-state index is -0.349. The van der Waals surface area contributed by atoms with Crippen molar-refractivity contribution in [1.82, 2.24) is 9.55 Å². The topological polar surface area (TPSA) is 58.1 Å². The predicted octanol–water partition coefficient (Wildman–Crippen LogP) is 0.556. The van der Waals surface area contributed by atoms with Crippen LogP contribution in [0.15, 0.2) is 15.7 Å². The summed E-state index contributed by atoms with van der Waals surface area (Å²) in [5, 5.41) is 0. The van der Waals surface area contributed by atoms with Gasteiger partial charge in [-0.1, -0.05) is 13.8 Å². The number of rotatable bonds is 1. The minimum absolute atomic E-state index is 0.255. The van der Waals surface area contributed by atoms with Crippen molar-refractivity contribution in [2.45, 2.75) is 20.3 Å². The van der Waals surface area contributed by atoms with E-state index in [1.54, 1.807) is 0 Å². The molecular weight excluding hydrogens is 218 g/mol. The van der Waals surface area contributed by atoms with E-state index in [-0.39, 0.29) is 11.2 Å². The van der Waals surface area contributed by atoms with Gasteiger partial charge in [0.15, 0.2) is 0 Å². The van der Waals surface area contributed by atoms with Gasteiger partial charge in [-0.25, -0.2) is 4.79 Å². The average Bonchev–Trinajstić information content (AvgIpc) is 2.23. The lowest BCUT2D eigenvalue weighted by Gasteiger charge is -2.36. The zero-order chi connectivity index (χ0) is 12.6. The highest BCUT2D eigenvalue weighted by Crippen LogP contribution is 2.23. The van der Waals surface area contributed by atoms with Crippen LogP contribution >= 0.6 is 0 Å². The van der Waals surface area contributed by atoms with Crippen LogP contribution in [0.4, 0.5) is 5.82 Å². The molecule has 2 heterocycles. The molecular formula is C12H19N3O2. The first-order valence-corrected chi connectivity index (χ1v) is 6.02. The first-order valence-electron chi connectivity index (χ1n) is 6.02. The maximum absolute atomic E-state index is 11.6. The first kappa shape index (κ1) is 12.0. The SMILES string of the molecule is C[C@H]1C[C@H](C)CN(c2cc(=O)n(C)c(=O)[nH]2)C1. The Kier molecular flexibility index (Phi) is 3.09. The Balaban J connectivity index is 2.34. The largest absolute Gasteiger partial charge is 0.357 e. The van der Waals surface area contributed by atoms with Gasteiger partial charge in [0.25, 0.3) is 5.56 Å². The molecule has 1 aromatic heterocycles. The summed E-state index contributed by atoms with van der Waals surface area (Å²) in [6.07, 6.45) is 1.20. The second kappa shape index (κ2) is 4.39. The van der Waals surface area contributed by atoms with Crippen LogP contribution in [-0.4, -0.2) is 22.6 Å². The fraction of sp³-hybridized carbons (Fsp3) is 0.667. The van der Waals surface area contributed by atoms with E-state index in [2.05, 4.69) is 23.7 Å². The molecule has 0 saturated carbocycles. The Labute approximate surface area is 100 Å². The molecule has 0 bridgehead atoms. The van der Waals surface area contributed by atoms with Crippen LogP contribution in [0.1, 0.15) is 20.3 Å². The lowest BCUT2D eigenvalue weighted by molar-refractivity contribution is 0.355. The summed E-state index contributed by atoms with van der Waals surface area (Å²) >= 11 is 0. The summed E-state index contributed by atoms with van der Waals surface area (Å²) in [5.41, 5.74) is -0.604. The van der Waals surface area contributed by atoms with Crippen molar-refractivity contribution in [3.05, 3.63) is 26.9 Å². The van der Waals surface area contributed by atoms with Crippen molar-refractivity contribution >= 4 is 5.82 Å². The average molecular weight is 237 g/mol. The number of hydrogen-bond donors (Lipinski definition) is 1. The number of nitrogens with zero attached hydrogens (tertiary/aromatic N) is 2. The van der Waals surface area contributed by atoms with Gasteiger partial charge in [0.1, 0.15) is 5.82 Å². The number of aromatic nitrogens is 2. The van der Waals surface area contributed by atoms with Crippen LogP contribution in [-0.2, 0) is 7.05 Å². The van der Waals surface area contributed by atoms with E-state index in [9.17, 15) is 9.59 Å². The normalized spacial score (nSPS) is 25.0. The maximum Gasteiger partial charge on any atom is 0.329 e. The Morgan fingerprint density at radius 1 is 1.24 bits per heavy atom. The summed E-state index contributed by atoms with van der Waals surface area (Å²) in [5.74, 6) is 1.83. The quantitative estimate of drug-likeness (QED) is 0.776. The standard InChI is InChI=1S/C12H19N3O2/c1-8-4-9(2)7-15(6-8)10-5-11(16)14(3)12(17)13-10/h5,8-9H,4,6-7H2,1-3H3,(H,13,17)/t8-,9-/m0/s1. The Morgan fingerprint density at radius 2 is 1.82 bits per heavy atom. The molecule has 0 aromatic carbocycles. The molecule has 17 heavy (non-hydrogen) atoms. The maximum atomic E-state index is 11.6. The number of anilines is 1. The van der Waals surface area contributed by atoms with Crippen LogP contribution < -0.4 is 16.1 Å². The number of H-pyrrole nitrogens is 1. The molecule has 2 atom stereocenters. The second-order valence-corrected chi connectivity index (χ2v) is 5.21. The molecule has 1 N–H and O–H groups in total. The highest BCUT2D eigenvalue weighted by atomic mass is 16.2. The first-order chi connectivity index (χ1) is 7.97. The third kappa shape index (κ3) is 2.43. The fourth-order valence-corrected chi connectivity index (χ4v) is 2.57. The Hall–Kier alpha value is -1.52. The molecule has 0 aliphatic carbocycles. The number of piperidine rings is 1. The zero-order valence-electron chi connectivity index (χ0n) is 10.6. The summed E-state index contributed by atoms with van der Waals surface area (Å²) in [6.45, 7) is 6.19. The van der Waals surface area contributed by atoms with Crippen molar-refractivity contribution in [3.8, 4) is 0 Å². The molecule has 0 unspecified atom stereocenters. The van der Waals surface area contributed by atoms with Gasteiger partial charge in [-0.15, -0.1) is 0 Å². The van der Waals surface area contributed by atoms with Gasteiger partial charge in [0, 0.05) is 26.2 Å². The molecule has 1 aliphatic heterocycles. The number of hydrogen-bond acceptors (Lipinski definition) is 3. The van der Waals surface area contributed by atoms with Crippen molar-refractivity contribution in [2.24, 2.45) is 18.9 Å². The molecule has 1 fully saturated rings. The molecule has 0 radical (unpaired) electrons. The molecule has 2 rings (SSSR count). The van der Waals surface area contributed by atoms with Crippen LogP contribution in [0.3, 0.4) is 0 Å². The van der Waals surface area contributed by atoms with Crippen molar-refractivity contribution in [1.29, 1.82) is 0 Å². The molecule has 1 aromatic rings. The third-order valence-corrected chi connectivity index (χ3v) is 3.34. The van der Waals surface area contributed by atoms with Crippen LogP contribution in [0.25, 0.3) is 0 Å². The lowest BCUT2D eigenvalue weighted by Crippen LogP contribution is -2.42. The smallest absolute Gasteiger partial charge is 0.329 e. The highest BCUT2D eigenvalue weighted by molar-refractivity contribution is 5.37. The Bertz CT molecular complexity index is 476. The van der Waals surface area contributed by atoms with Gasteiger partial charge in [0.05, 0.1) is 0 Å². The van der Waals surface area contributed by atoms with E-state index in [1.807, 2.05) is 0 Å². The molecule has 0 spiro atoms. The van der Waals surface area contributed by atoms with E-state index in [4.69, 9.17) is 0 Å². The van der Waals surface area contributed by atoms with Gasteiger partial charge < -0.3 is 4.90 Å². The summed E-state index contributed by atoms with van der Waals surface area (Å²) < 4.78 is 1.08. The minimum Gasteiger partial charge on any atom is -0.357 e. The van der Waals surface area contributed by atoms with Crippen LogP contribution in [0, 0.1) is 11.8 Å². The lowest BCUT2D eigenvalue weighted by atomic mass is 9.92. The zero-order valence-corrected chi connectivity index (χ0v) is 10.6. The van der Waals surface area contributed by atoms with Gasteiger partial charge in [-0.05, 0) is 18.3 Å². The summed E-state index contributed by atoms with van der Waals surface area (Å²) in [7, 11) is 1.48. The molecule has 94 valence electrons. The van der Waals surface area contributed by atoms with Gasteiger partial charge in [0.2, 0.25) is 0 Å². The monoisotopic (exact) mass is 237 g/mol. The molecule has 5 nitrogen and oxygen atoms in total. The Morgan fingerprint density at radius 3 is 2.35 bits per heavy atom. The van der Waals surface area contributed by atoms with E-state index in [0.717, 1.165) is 17.7 Å². The van der Waals surface area contributed by atoms with E-state index in [1.165, 1.54) is 19.5 Å². The molecule has 1 aliphatic rings. The molecule has 0 amide bonds. The third-order valence-electron chi connectivity index (χ3n) is 3.34. The number of nitrogens with one attached hydrogen (secondary N) is 1. The van der Waals surface area contributed by atoms with E-state index < -0.39 is 0 Å². The van der Waals surface area contributed by atoms with Crippen molar-refractivity contribution in [2.75, 3.05) is 18.0 Å². The number of aromatic amines is 1. The fourth-order valence-electron chi connectivity index (χ4n) is 2.57. The second-order valence-electron chi connectivity index (χ2n) is 5.21. The van der Waals surface area contributed by atoms with Crippen molar-refractivity contribution < 1.29 is 0 Å². The van der Waals surface area contributed by atoms with Crippen molar-refractivity contribution in [3.63, 3.8) is 0 Å². The van der Waals surface area contributed by atoms with E-state index in [0.29, 0.717) is 17.7 Å². The van der Waals surface area contributed by atoms with E-state index >= 15 is 0 Å². The summed E-state index contributed by atoms with van der Waals surface area (Å²) in [6, 6.07) is 1.51. The highest BCUT2D eigenvalue weighted by Gasteiger charge is 2.22. The molecule has 1 saturated heterocycles. The van der Waals surface area contributed by atoms with Crippen LogP contribution in [0.5, 0.6) is 0 Å². The van der Waals surface area contributed by atoms with Gasteiger partial charge >= 0.3 is 5.69 Å². The van der Waals surface area contributed by atoms with Gasteiger partial charge in [-0.2, -0.15) is 0 Å². The predicted molar refractivity (Wildman–Crippen MR) is 67.5 cm³/mol. The van der Waals surface area contributed by atoms with Gasteiger partial charge in [-0.3, -0.25) is 14.3 Å². The summed E-state index contributed by atoms with van der Waals surface area (Å²) in [4.78, 5) is 28.0. The molecule has 5 heteroatoms. The van der Waals surface area contributed by atoms with Crippen LogP contribution in [0.2, 0.25) is 0 Å².